The molecule has 2 aliphatic heterocycles. The third-order valence-electron chi connectivity index (χ3n) is 5.20. The second-order valence-corrected chi connectivity index (χ2v) is 8.00. The van der Waals surface area contributed by atoms with Gasteiger partial charge in [0.05, 0.1) is 11.3 Å². The van der Waals surface area contributed by atoms with Crippen molar-refractivity contribution >= 4 is 34.2 Å². The first kappa shape index (κ1) is 16.9. The van der Waals surface area contributed by atoms with E-state index in [1.807, 2.05) is 49.4 Å². The fraction of sp³-hybridized carbons (Fsp3) is 0.190. The van der Waals surface area contributed by atoms with Crippen molar-refractivity contribution in [2.75, 3.05) is 23.5 Å². The van der Waals surface area contributed by atoms with Crippen molar-refractivity contribution < 1.29 is 4.79 Å². The first-order valence-electron chi connectivity index (χ1n) is 9.02. The predicted molar refractivity (Wildman–Crippen MR) is 110 cm³/mol. The second-order valence-electron chi connectivity index (χ2n) is 7.02. The summed E-state index contributed by atoms with van der Waals surface area (Å²) in [5.74, 6) is -0.145. The number of thiazole rings is 1. The average molecular weight is 390 g/mol. The highest BCUT2D eigenvalue weighted by Crippen LogP contribution is 2.33. The minimum atomic E-state index is -0.158. The zero-order chi connectivity index (χ0) is 19.4. The SMILES string of the molecule is Cc1cccc(N2CN=c3s/c(=C4\C(=O)N(C)c5ccccc54)c(=O)n3C2)c1. The number of fused-ring (bicyclic) bond motifs is 2. The maximum atomic E-state index is 13.2. The highest BCUT2D eigenvalue weighted by molar-refractivity contribution is 7.07. The summed E-state index contributed by atoms with van der Waals surface area (Å²) in [4.78, 5) is 35.0. The van der Waals surface area contributed by atoms with Gasteiger partial charge in [-0.15, -0.1) is 0 Å². The molecule has 0 radical (unpaired) electrons. The van der Waals surface area contributed by atoms with Crippen LogP contribution in [0.25, 0.3) is 5.57 Å². The van der Waals surface area contributed by atoms with Crippen molar-refractivity contribution in [2.45, 2.75) is 13.6 Å². The Morgan fingerprint density at radius 1 is 1.07 bits per heavy atom. The number of rotatable bonds is 1. The van der Waals surface area contributed by atoms with Crippen molar-refractivity contribution in [3.63, 3.8) is 0 Å². The second kappa shape index (κ2) is 6.17. The predicted octanol–water partition coefficient (Wildman–Crippen LogP) is 1.45. The lowest BCUT2D eigenvalue weighted by atomic mass is 10.1. The van der Waals surface area contributed by atoms with Crippen LogP contribution >= 0.6 is 11.3 Å². The minimum Gasteiger partial charge on any atom is -0.334 e. The molecule has 3 aromatic rings. The van der Waals surface area contributed by atoms with E-state index in [1.165, 1.54) is 11.3 Å². The number of para-hydroxylation sites is 1. The van der Waals surface area contributed by atoms with E-state index in [2.05, 4.69) is 16.0 Å². The summed E-state index contributed by atoms with van der Waals surface area (Å²) in [6, 6.07) is 15.7. The molecule has 7 heteroatoms. The van der Waals surface area contributed by atoms with Gasteiger partial charge in [0, 0.05) is 18.3 Å². The number of hydrogen-bond donors (Lipinski definition) is 0. The largest absolute Gasteiger partial charge is 0.334 e. The summed E-state index contributed by atoms with van der Waals surface area (Å²) in [7, 11) is 1.74. The van der Waals surface area contributed by atoms with Crippen molar-refractivity contribution in [2.24, 2.45) is 4.99 Å². The van der Waals surface area contributed by atoms with E-state index >= 15 is 0 Å². The fourth-order valence-corrected chi connectivity index (χ4v) is 4.79. The topological polar surface area (TPSA) is 57.9 Å². The van der Waals surface area contributed by atoms with E-state index in [-0.39, 0.29) is 11.5 Å². The number of carbonyl (C=O) groups is 1. The van der Waals surface area contributed by atoms with Gasteiger partial charge in [0.25, 0.3) is 11.5 Å². The minimum absolute atomic E-state index is 0.145. The zero-order valence-corrected chi connectivity index (χ0v) is 16.4. The number of nitrogens with zero attached hydrogens (tertiary/aromatic N) is 4. The highest BCUT2D eigenvalue weighted by Gasteiger charge is 2.32. The van der Waals surface area contributed by atoms with Gasteiger partial charge in [0.15, 0.2) is 4.80 Å². The molecular formula is C21H18N4O2S. The number of aromatic nitrogens is 1. The molecule has 0 bridgehead atoms. The normalized spacial score (nSPS) is 17.4. The Balaban J connectivity index is 1.67. The quantitative estimate of drug-likeness (QED) is 0.632. The number of carbonyl (C=O) groups excluding carboxylic acids is 1. The van der Waals surface area contributed by atoms with Crippen LogP contribution in [0.4, 0.5) is 11.4 Å². The first-order chi connectivity index (χ1) is 13.5. The molecule has 0 fully saturated rings. The van der Waals surface area contributed by atoms with Gasteiger partial charge >= 0.3 is 0 Å². The number of likely N-dealkylation sites (N-methyl/N-ethyl adjacent to an activating group) is 1. The summed E-state index contributed by atoms with van der Waals surface area (Å²) in [5.41, 5.74) is 4.15. The Morgan fingerprint density at radius 3 is 2.71 bits per heavy atom. The Morgan fingerprint density at radius 2 is 1.89 bits per heavy atom. The summed E-state index contributed by atoms with van der Waals surface area (Å²) in [6.07, 6.45) is 0. The molecule has 3 heterocycles. The van der Waals surface area contributed by atoms with Crippen molar-refractivity contribution in [1.82, 2.24) is 4.57 Å². The van der Waals surface area contributed by atoms with Gasteiger partial charge < -0.3 is 9.80 Å². The van der Waals surface area contributed by atoms with Crippen LogP contribution in [-0.2, 0) is 11.5 Å². The first-order valence-corrected chi connectivity index (χ1v) is 9.84. The average Bonchev–Trinajstić information content (AvgIpc) is 3.16. The van der Waals surface area contributed by atoms with Gasteiger partial charge in [-0.25, -0.2) is 4.99 Å². The molecule has 0 unspecified atom stereocenters. The van der Waals surface area contributed by atoms with Crippen LogP contribution in [0.15, 0.2) is 58.3 Å². The van der Waals surface area contributed by atoms with Gasteiger partial charge in [0.2, 0.25) is 0 Å². The lowest BCUT2D eigenvalue weighted by Crippen LogP contribution is -2.43. The molecule has 2 aromatic carbocycles. The third kappa shape index (κ3) is 2.43. The van der Waals surface area contributed by atoms with E-state index in [4.69, 9.17) is 0 Å². The molecule has 5 rings (SSSR count). The van der Waals surface area contributed by atoms with Crippen LogP contribution in [-0.4, -0.2) is 24.2 Å². The third-order valence-corrected chi connectivity index (χ3v) is 6.31. The summed E-state index contributed by atoms with van der Waals surface area (Å²) in [6.45, 7) is 2.96. The van der Waals surface area contributed by atoms with E-state index in [9.17, 15) is 9.59 Å². The summed E-state index contributed by atoms with van der Waals surface area (Å²) in [5, 5.41) is 0. The molecule has 1 aromatic heterocycles. The lowest BCUT2D eigenvalue weighted by Gasteiger charge is -2.25. The Labute approximate surface area is 165 Å². The molecule has 0 saturated heterocycles. The Bertz CT molecular complexity index is 1300. The van der Waals surface area contributed by atoms with E-state index in [0.717, 1.165) is 22.5 Å². The van der Waals surface area contributed by atoms with Crippen molar-refractivity contribution in [1.29, 1.82) is 0 Å². The van der Waals surface area contributed by atoms with Crippen LogP contribution in [0.1, 0.15) is 11.1 Å². The van der Waals surface area contributed by atoms with E-state index in [0.29, 0.717) is 28.2 Å². The number of hydrogen-bond acceptors (Lipinski definition) is 5. The van der Waals surface area contributed by atoms with Crippen LogP contribution in [0.5, 0.6) is 0 Å². The maximum Gasteiger partial charge on any atom is 0.272 e. The molecule has 140 valence electrons. The molecule has 28 heavy (non-hydrogen) atoms. The van der Waals surface area contributed by atoms with E-state index < -0.39 is 0 Å². The lowest BCUT2D eigenvalue weighted by molar-refractivity contribution is -0.112. The van der Waals surface area contributed by atoms with Crippen LogP contribution in [0.2, 0.25) is 0 Å². The van der Waals surface area contributed by atoms with Crippen molar-refractivity contribution in [3.05, 3.63) is 79.3 Å². The monoisotopic (exact) mass is 390 g/mol. The zero-order valence-electron chi connectivity index (χ0n) is 15.5. The van der Waals surface area contributed by atoms with Crippen molar-refractivity contribution in [3.8, 4) is 0 Å². The van der Waals surface area contributed by atoms with Gasteiger partial charge in [-0.3, -0.25) is 14.2 Å². The number of aryl methyl sites for hydroxylation is 1. The van der Waals surface area contributed by atoms with Crippen LogP contribution in [0.3, 0.4) is 0 Å². The van der Waals surface area contributed by atoms with Crippen LogP contribution < -0.4 is 24.7 Å². The molecular weight excluding hydrogens is 372 g/mol. The molecule has 6 nitrogen and oxygen atoms in total. The summed E-state index contributed by atoms with van der Waals surface area (Å²) < 4.78 is 2.12. The Kier molecular flexibility index (Phi) is 3.73. The molecule has 1 amide bonds. The van der Waals surface area contributed by atoms with E-state index in [1.54, 1.807) is 16.5 Å². The van der Waals surface area contributed by atoms with Gasteiger partial charge in [-0.2, -0.15) is 0 Å². The molecule has 0 N–H and O–H groups in total. The number of benzene rings is 2. The Hall–Kier alpha value is -3.19. The van der Waals surface area contributed by atoms with Gasteiger partial charge in [-0.1, -0.05) is 41.7 Å². The maximum absolute atomic E-state index is 13.2. The molecule has 0 atom stereocenters. The standard InChI is InChI=1S/C21H18N4O2S/c1-13-6-5-7-14(10-13)24-11-22-21-25(12-24)20(27)18(28-21)17-15-8-3-4-9-16(15)23(2)19(17)26/h3-10H,11-12H2,1-2H3/b18-17-. The molecule has 0 spiro atoms. The smallest absolute Gasteiger partial charge is 0.272 e. The molecule has 0 saturated carbocycles. The van der Waals surface area contributed by atoms with Crippen LogP contribution in [0, 0.1) is 6.92 Å². The number of amides is 1. The fourth-order valence-electron chi connectivity index (χ4n) is 3.74. The van der Waals surface area contributed by atoms with Gasteiger partial charge in [-0.05, 0) is 30.7 Å². The number of anilines is 2. The molecule has 0 aliphatic carbocycles. The van der Waals surface area contributed by atoms with Gasteiger partial charge in [0.1, 0.15) is 17.9 Å². The molecule has 2 aliphatic rings. The summed E-state index contributed by atoms with van der Waals surface area (Å²) >= 11 is 1.30. The highest BCUT2D eigenvalue weighted by atomic mass is 32.1.